The van der Waals surface area contributed by atoms with E-state index < -0.39 is 0 Å². The summed E-state index contributed by atoms with van der Waals surface area (Å²) >= 11 is 2.03. The number of rotatable bonds is 5. The molecule has 3 nitrogen and oxygen atoms in total. The molecule has 0 spiro atoms. The van der Waals surface area contributed by atoms with Gasteiger partial charge in [0.1, 0.15) is 0 Å². The molecular formula is C68H72BN3S. The molecule has 0 N–H and O–H groups in total. The first-order chi connectivity index (χ1) is 34.6. The summed E-state index contributed by atoms with van der Waals surface area (Å²) in [6.07, 6.45) is 7.41. The van der Waals surface area contributed by atoms with Crippen LogP contribution in [-0.4, -0.2) is 6.71 Å². The number of hydrogen-bond donors (Lipinski definition) is 0. The molecule has 0 unspecified atom stereocenters. The molecule has 1 saturated carbocycles. The molecule has 3 heterocycles. The van der Waals surface area contributed by atoms with E-state index in [9.17, 15) is 0 Å². The summed E-state index contributed by atoms with van der Waals surface area (Å²) in [5.74, 6) is 0. The average molecular weight is 974 g/mol. The van der Waals surface area contributed by atoms with Crippen molar-refractivity contribution in [3.05, 3.63) is 179 Å². The molecule has 368 valence electrons. The Labute approximate surface area is 440 Å². The Kier molecular flexibility index (Phi) is 10.1. The second kappa shape index (κ2) is 15.7. The highest BCUT2D eigenvalue weighted by molar-refractivity contribution is 7.26. The number of fused-ring (bicyclic) bond motifs is 9. The maximum absolute atomic E-state index is 2.73. The molecular weight excluding hydrogens is 902 g/mol. The fourth-order valence-electron chi connectivity index (χ4n) is 14.0. The van der Waals surface area contributed by atoms with E-state index in [1.165, 1.54) is 114 Å². The van der Waals surface area contributed by atoms with E-state index in [-0.39, 0.29) is 39.2 Å². The second-order valence-electron chi connectivity index (χ2n) is 26.7. The van der Waals surface area contributed by atoms with Gasteiger partial charge in [0.2, 0.25) is 0 Å². The Morgan fingerprint density at radius 2 is 0.918 bits per heavy atom. The summed E-state index contributed by atoms with van der Waals surface area (Å²) in [5.41, 5.74) is 23.3. The van der Waals surface area contributed by atoms with Gasteiger partial charge < -0.3 is 14.7 Å². The van der Waals surface area contributed by atoms with Gasteiger partial charge >= 0.3 is 0 Å². The molecule has 0 atom stereocenters. The molecule has 73 heavy (non-hydrogen) atoms. The lowest BCUT2D eigenvalue weighted by atomic mass is 9.33. The number of hydrogen-bond acceptors (Lipinski definition) is 4. The highest BCUT2D eigenvalue weighted by atomic mass is 32.1. The molecule has 0 amide bonds. The molecule has 0 saturated heterocycles. The molecule has 1 aromatic heterocycles. The minimum absolute atomic E-state index is 0.00302. The lowest BCUT2D eigenvalue weighted by Crippen LogP contribution is -2.61. The van der Waals surface area contributed by atoms with Crippen molar-refractivity contribution in [2.75, 3.05) is 14.7 Å². The number of thiophene rings is 1. The van der Waals surface area contributed by atoms with Crippen molar-refractivity contribution >= 4 is 95.0 Å². The molecule has 7 aromatic carbocycles. The fourth-order valence-corrected chi connectivity index (χ4v) is 15.3. The van der Waals surface area contributed by atoms with Crippen LogP contribution in [0.15, 0.2) is 146 Å². The first-order valence-corrected chi connectivity index (χ1v) is 28.2. The van der Waals surface area contributed by atoms with Crippen LogP contribution in [-0.2, 0) is 32.5 Å². The molecule has 2 bridgehead atoms. The zero-order valence-corrected chi connectivity index (χ0v) is 46.2. The molecule has 2 aliphatic heterocycles. The van der Waals surface area contributed by atoms with Crippen molar-refractivity contribution in [1.29, 1.82) is 0 Å². The van der Waals surface area contributed by atoms with E-state index in [0.29, 0.717) is 0 Å². The number of benzene rings is 7. The highest BCUT2D eigenvalue weighted by Crippen LogP contribution is 2.59. The fraction of sp³-hybridized carbons (Fsp3) is 0.353. The molecule has 0 radical (unpaired) electrons. The lowest BCUT2D eigenvalue weighted by Gasteiger charge is -2.52. The molecule has 6 aliphatic rings. The highest BCUT2D eigenvalue weighted by Gasteiger charge is 2.51. The van der Waals surface area contributed by atoms with Gasteiger partial charge in [-0.1, -0.05) is 150 Å². The van der Waals surface area contributed by atoms with E-state index in [2.05, 4.69) is 243 Å². The largest absolute Gasteiger partial charge is 0.311 e. The van der Waals surface area contributed by atoms with Crippen LogP contribution in [0.4, 0.5) is 50.5 Å². The number of nitrogens with zero attached hydrogens (tertiary/aromatic N) is 3. The third-order valence-corrected chi connectivity index (χ3v) is 20.0. The van der Waals surface area contributed by atoms with E-state index in [4.69, 9.17) is 0 Å². The number of anilines is 9. The Balaban J connectivity index is 1.19. The molecule has 4 aliphatic carbocycles. The third-order valence-electron chi connectivity index (χ3n) is 18.8. The maximum atomic E-state index is 2.73. The van der Waals surface area contributed by atoms with Crippen LogP contribution in [0.2, 0.25) is 0 Å². The van der Waals surface area contributed by atoms with Crippen LogP contribution >= 0.6 is 11.3 Å². The zero-order chi connectivity index (χ0) is 50.8. The van der Waals surface area contributed by atoms with Gasteiger partial charge in [0.25, 0.3) is 6.71 Å². The van der Waals surface area contributed by atoms with Crippen molar-refractivity contribution in [1.82, 2.24) is 0 Å². The van der Waals surface area contributed by atoms with Gasteiger partial charge in [-0.05, 0) is 205 Å². The third kappa shape index (κ3) is 7.10. The van der Waals surface area contributed by atoms with Crippen LogP contribution in [0.3, 0.4) is 0 Å². The first-order valence-electron chi connectivity index (χ1n) is 27.3. The predicted octanol–water partition coefficient (Wildman–Crippen LogP) is 17.5. The minimum atomic E-state index is 0.00302. The van der Waals surface area contributed by atoms with Gasteiger partial charge in [0.15, 0.2) is 0 Å². The van der Waals surface area contributed by atoms with E-state index in [1.54, 1.807) is 11.1 Å². The molecule has 8 aromatic rings. The summed E-state index contributed by atoms with van der Waals surface area (Å²) in [5, 5.41) is 2.79. The minimum Gasteiger partial charge on any atom is -0.311 e. The topological polar surface area (TPSA) is 9.72 Å². The van der Waals surface area contributed by atoms with Gasteiger partial charge in [0, 0.05) is 44.5 Å². The monoisotopic (exact) mass is 974 g/mol. The van der Waals surface area contributed by atoms with Gasteiger partial charge in [0.05, 0.1) is 10.7 Å². The summed E-state index contributed by atoms with van der Waals surface area (Å²) in [6, 6.07) is 57.1. The molecule has 1 fully saturated rings. The Morgan fingerprint density at radius 3 is 1.42 bits per heavy atom. The second-order valence-corrected chi connectivity index (χ2v) is 27.7. The maximum Gasteiger partial charge on any atom is 0.254 e. The predicted molar refractivity (Wildman–Crippen MR) is 316 cm³/mol. The van der Waals surface area contributed by atoms with Gasteiger partial charge in [-0.3, -0.25) is 0 Å². The molecule has 5 heteroatoms. The van der Waals surface area contributed by atoms with E-state index >= 15 is 0 Å². The van der Waals surface area contributed by atoms with Crippen LogP contribution in [0, 0.1) is 0 Å². The van der Waals surface area contributed by atoms with Crippen LogP contribution in [0.25, 0.3) is 10.1 Å². The normalized spacial score (nSPS) is 21.1. The van der Waals surface area contributed by atoms with Crippen molar-refractivity contribution in [3.63, 3.8) is 0 Å². The van der Waals surface area contributed by atoms with Crippen LogP contribution < -0.4 is 31.1 Å². The Morgan fingerprint density at radius 1 is 0.452 bits per heavy atom. The SMILES string of the molecule is CC(C)(C)c1ccc(N2c3cc4c(cc3B3c5c2cc(N(c2ccccc2)c2ccccc2)cc5N(c2ccc(C(C)(C)C)cc2)c2sc5cc6c(cc5c23)C2(C)CCC6(C)CC2)C(C)(C)CCC4(C)C)cc1. The standard InChI is InChI=1S/C68H72BN3S/c1-63(2,3)43-23-27-47(28-24-43)71-56-41-52-51(65(7,8)31-32-66(52,9)10)40-55(56)69-60-50-39-53-54(68(12)35-33-67(53,11)34-36-68)42-59(50)73-62(60)72(48-29-25-44(26-30-48)64(4,5)6)58-38-49(37-57(71)61(58)69)70(45-19-15-13-16-20-45)46-21-17-14-18-22-46/h13-30,37-42H,31-36H2,1-12H3. The Hall–Kier alpha value is -6.04. The van der Waals surface area contributed by atoms with Crippen molar-refractivity contribution < 1.29 is 0 Å². The van der Waals surface area contributed by atoms with Crippen molar-refractivity contribution in [3.8, 4) is 0 Å². The van der Waals surface area contributed by atoms with Crippen molar-refractivity contribution in [2.45, 2.75) is 154 Å². The van der Waals surface area contributed by atoms with Crippen LogP contribution in [0.5, 0.6) is 0 Å². The molecule has 14 rings (SSSR count). The lowest BCUT2D eigenvalue weighted by molar-refractivity contribution is 0.188. The quantitative estimate of drug-likeness (QED) is 0.159. The smallest absolute Gasteiger partial charge is 0.254 e. The summed E-state index contributed by atoms with van der Waals surface area (Å²) < 4.78 is 1.42. The van der Waals surface area contributed by atoms with Gasteiger partial charge in [-0.15, -0.1) is 11.3 Å². The summed E-state index contributed by atoms with van der Waals surface area (Å²) in [7, 11) is 0. The Bertz CT molecular complexity index is 3470. The zero-order valence-electron chi connectivity index (χ0n) is 45.4. The first kappa shape index (κ1) is 46.7. The van der Waals surface area contributed by atoms with Crippen molar-refractivity contribution in [2.24, 2.45) is 0 Å². The summed E-state index contributed by atoms with van der Waals surface area (Å²) in [4.78, 5) is 7.84. The summed E-state index contributed by atoms with van der Waals surface area (Å²) in [6.45, 7) is 29.1. The van der Waals surface area contributed by atoms with E-state index in [0.717, 1.165) is 23.5 Å². The van der Waals surface area contributed by atoms with Gasteiger partial charge in [-0.25, -0.2) is 0 Å². The van der Waals surface area contributed by atoms with Gasteiger partial charge in [-0.2, -0.15) is 0 Å². The average Bonchev–Trinajstić information content (AvgIpc) is 3.74. The van der Waals surface area contributed by atoms with E-state index in [1.807, 2.05) is 11.3 Å². The van der Waals surface area contributed by atoms with Crippen LogP contribution in [0.1, 0.15) is 155 Å². The number of para-hydroxylation sites is 2.